The minimum atomic E-state index is -1.24. The minimum absolute atomic E-state index is 0.00154. The van der Waals surface area contributed by atoms with Crippen molar-refractivity contribution >= 4 is 34.4 Å². The van der Waals surface area contributed by atoms with E-state index in [4.69, 9.17) is 16.0 Å². The fourth-order valence-corrected chi connectivity index (χ4v) is 3.24. The van der Waals surface area contributed by atoms with Gasteiger partial charge in [0.15, 0.2) is 0 Å². The number of carbonyl (C=O) groups is 2. The van der Waals surface area contributed by atoms with Gasteiger partial charge in [0.05, 0.1) is 17.0 Å². The number of aliphatic carboxylic acids is 1. The van der Waals surface area contributed by atoms with Gasteiger partial charge in [0.1, 0.15) is 23.1 Å². The summed E-state index contributed by atoms with van der Waals surface area (Å²) in [5, 5.41) is 31.3. The van der Waals surface area contributed by atoms with Crippen molar-refractivity contribution in [3.05, 3.63) is 68.5 Å². The Balaban J connectivity index is 1.82. The van der Waals surface area contributed by atoms with Gasteiger partial charge in [-0.05, 0) is 36.2 Å². The molecule has 1 aromatic heterocycles. The monoisotopic (exact) mass is 431 g/mol. The van der Waals surface area contributed by atoms with Gasteiger partial charge in [-0.2, -0.15) is 0 Å². The summed E-state index contributed by atoms with van der Waals surface area (Å²) in [6.45, 7) is 1.61. The molecule has 30 heavy (non-hydrogen) atoms. The number of fused-ring (bicyclic) bond motifs is 1. The number of phenols is 2. The van der Waals surface area contributed by atoms with E-state index >= 15 is 0 Å². The van der Waals surface area contributed by atoms with Gasteiger partial charge >= 0.3 is 11.6 Å². The molecule has 0 spiro atoms. The van der Waals surface area contributed by atoms with E-state index in [1.165, 1.54) is 24.3 Å². The summed E-state index contributed by atoms with van der Waals surface area (Å²) in [6, 6.07) is 7.37. The highest BCUT2D eigenvalue weighted by Crippen LogP contribution is 2.30. The Morgan fingerprint density at radius 2 is 1.83 bits per heavy atom. The van der Waals surface area contributed by atoms with E-state index in [-0.39, 0.29) is 40.5 Å². The van der Waals surface area contributed by atoms with Crippen LogP contribution in [0.4, 0.5) is 0 Å². The Labute approximate surface area is 175 Å². The molecule has 8 nitrogen and oxygen atoms in total. The maximum Gasteiger partial charge on any atom is 0.340 e. The molecule has 0 aliphatic rings. The molecule has 4 N–H and O–H groups in total. The van der Waals surface area contributed by atoms with Crippen LogP contribution in [0.25, 0.3) is 11.0 Å². The molecule has 1 unspecified atom stereocenters. The summed E-state index contributed by atoms with van der Waals surface area (Å²) in [5.41, 5.74) is 0.483. The molecule has 3 rings (SSSR count). The first kappa shape index (κ1) is 21.2. The molecule has 1 atom stereocenters. The number of halogens is 1. The SMILES string of the molecule is Cc1c(CC(=O)NC(Cc2ccc(O)cc2)C(=O)O)c(=O)oc2cc(O)c(Cl)cc12. The van der Waals surface area contributed by atoms with Gasteiger partial charge in [-0.15, -0.1) is 0 Å². The first-order valence-electron chi connectivity index (χ1n) is 8.90. The number of nitrogens with one attached hydrogen (secondary N) is 1. The van der Waals surface area contributed by atoms with Crippen LogP contribution in [0.2, 0.25) is 5.02 Å². The molecule has 1 amide bonds. The van der Waals surface area contributed by atoms with Crippen LogP contribution in [0, 0.1) is 6.92 Å². The molecular formula is C21H18ClNO7. The predicted octanol–water partition coefficient (Wildman–Crippen LogP) is 2.52. The molecule has 0 saturated carbocycles. The summed E-state index contributed by atoms with van der Waals surface area (Å²) >= 11 is 5.92. The van der Waals surface area contributed by atoms with Crippen molar-refractivity contribution in [3.8, 4) is 11.5 Å². The van der Waals surface area contributed by atoms with Crippen molar-refractivity contribution in [1.82, 2.24) is 5.32 Å². The summed E-state index contributed by atoms with van der Waals surface area (Å²) < 4.78 is 5.18. The van der Waals surface area contributed by atoms with Crippen LogP contribution in [-0.2, 0) is 22.4 Å². The Hall–Kier alpha value is -3.52. The summed E-state index contributed by atoms with van der Waals surface area (Å²) in [7, 11) is 0. The highest BCUT2D eigenvalue weighted by Gasteiger charge is 2.23. The minimum Gasteiger partial charge on any atom is -0.508 e. The van der Waals surface area contributed by atoms with E-state index in [2.05, 4.69) is 5.32 Å². The van der Waals surface area contributed by atoms with Crippen molar-refractivity contribution in [2.75, 3.05) is 0 Å². The molecule has 0 aliphatic heterocycles. The molecule has 2 aromatic carbocycles. The number of benzene rings is 2. The lowest BCUT2D eigenvalue weighted by Gasteiger charge is -2.15. The van der Waals surface area contributed by atoms with Crippen molar-refractivity contribution < 1.29 is 29.3 Å². The van der Waals surface area contributed by atoms with Crippen LogP contribution >= 0.6 is 11.6 Å². The molecule has 9 heteroatoms. The smallest absolute Gasteiger partial charge is 0.340 e. The second-order valence-corrected chi connectivity index (χ2v) is 7.21. The average Bonchev–Trinajstić information content (AvgIpc) is 2.68. The van der Waals surface area contributed by atoms with Crippen LogP contribution < -0.4 is 10.9 Å². The van der Waals surface area contributed by atoms with Crippen molar-refractivity contribution in [1.29, 1.82) is 0 Å². The van der Waals surface area contributed by atoms with E-state index in [0.717, 1.165) is 0 Å². The van der Waals surface area contributed by atoms with Gasteiger partial charge in [-0.3, -0.25) is 4.79 Å². The number of aromatic hydroxyl groups is 2. The normalized spacial score (nSPS) is 11.9. The molecule has 0 aliphatic carbocycles. The van der Waals surface area contributed by atoms with E-state index in [9.17, 15) is 29.7 Å². The number of carboxylic acids is 1. The predicted molar refractivity (Wildman–Crippen MR) is 109 cm³/mol. The lowest BCUT2D eigenvalue weighted by atomic mass is 10.0. The van der Waals surface area contributed by atoms with Gasteiger partial charge in [-0.1, -0.05) is 23.7 Å². The average molecular weight is 432 g/mol. The zero-order valence-corrected chi connectivity index (χ0v) is 16.6. The van der Waals surface area contributed by atoms with Gasteiger partial charge in [0, 0.05) is 17.9 Å². The third-order valence-electron chi connectivity index (χ3n) is 4.70. The summed E-state index contributed by atoms with van der Waals surface area (Å²) in [6.07, 6.45) is -0.385. The lowest BCUT2D eigenvalue weighted by Crippen LogP contribution is -2.43. The highest BCUT2D eigenvalue weighted by molar-refractivity contribution is 6.32. The van der Waals surface area contributed by atoms with Gasteiger partial charge in [0.2, 0.25) is 5.91 Å². The second-order valence-electron chi connectivity index (χ2n) is 6.80. The molecule has 1 heterocycles. The van der Waals surface area contributed by atoms with E-state index < -0.39 is 23.5 Å². The maximum atomic E-state index is 12.5. The number of aryl methyl sites for hydroxylation is 1. The van der Waals surface area contributed by atoms with E-state index in [1.807, 2.05) is 0 Å². The maximum absolute atomic E-state index is 12.5. The van der Waals surface area contributed by atoms with Gasteiger partial charge in [0.25, 0.3) is 0 Å². The molecule has 0 bridgehead atoms. The molecule has 3 aromatic rings. The first-order chi connectivity index (χ1) is 14.2. The first-order valence-corrected chi connectivity index (χ1v) is 9.28. The molecule has 0 radical (unpaired) electrons. The number of hydrogen-bond acceptors (Lipinski definition) is 6. The molecule has 156 valence electrons. The largest absolute Gasteiger partial charge is 0.508 e. The number of carbonyl (C=O) groups excluding carboxylic acids is 1. The highest BCUT2D eigenvalue weighted by atomic mass is 35.5. The Kier molecular flexibility index (Phi) is 5.98. The van der Waals surface area contributed by atoms with Crippen LogP contribution in [0.5, 0.6) is 11.5 Å². The molecular weight excluding hydrogens is 414 g/mol. The van der Waals surface area contributed by atoms with E-state index in [1.54, 1.807) is 19.1 Å². The van der Waals surface area contributed by atoms with Gasteiger partial charge in [-0.25, -0.2) is 9.59 Å². The van der Waals surface area contributed by atoms with E-state index in [0.29, 0.717) is 16.5 Å². The second kappa shape index (κ2) is 8.46. The van der Waals surface area contributed by atoms with Crippen LogP contribution in [0.1, 0.15) is 16.7 Å². The van der Waals surface area contributed by atoms with Crippen LogP contribution in [0.15, 0.2) is 45.6 Å². The number of phenolic OH excluding ortho intramolecular Hbond substituents is 2. The Bertz CT molecular complexity index is 1180. The number of hydrogen-bond donors (Lipinski definition) is 4. The third kappa shape index (κ3) is 4.55. The number of carboxylic acid groups (broad SMARTS) is 1. The Morgan fingerprint density at radius 3 is 2.47 bits per heavy atom. The number of amides is 1. The standard InChI is InChI=1S/C21H18ClNO7/c1-10-13-7-15(22)17(25)9-18(13)30-21(29)14(10)8-19(26)23-16(20(27)28)6-11-2-4-12(24)5-3-11/h2-5,7,9,16,24-25H,6,8H2,1H3,(H,23,26)(H,27,28). The molecule has 0 fully saturated rings. The van der Waals surface area contributed by atoms with Crippen LogP contribution in [-0.4, -0.2) is 33.2 Å². The van der Waals surface area contributed by atoms with Crippen LogP contribution in [0.3, 0.4) is 0 Å². The molecule has 0 saturated heterocycles. The summed E-state index contributed by atoms with van der Waals surface area (Å²) in [5.74, 6) is -2.10. The quantitative estimate of drug-likeness (QED) is 0.440. The lowest BCUT2D eigenvalue weighted by molar-refractivity contribution is -0.141. The topological polar surface area (TPSA) is 137 Å². The van der Waals surface area contributed by atoms with Crippen molar-refractivity contribution in [2.24, 2.45) is 0 Å². The fourth-order valence-electron chi connectivity index (χ4n) is 3.08. The number of rotatable bonds is 6. The van der Waals surface area contributed by atoms with Crippen molar-refractivity contribution in [3.63, 3.8) is 0 Å². The van der Waals surface area contributed by atoms with Crippen molar-refractivity contribution in [2.45, 2.75) is 25.8 Å². The Morgan fingerprint density at radius 1 is 1.17 bits per heavy atom. The zero-order chi connectivity index (χ0) is 22.0. The zero-order valence-electron chi connectivity index (χ0n) is 15.8. The fraction of sp³-hybridized carbons (Fsp3) is 0.190. The third-order valence-corrected chi connectivity index (χ3v) is 5.00. The van der Waals surface area contributed by atoms with Gasteiger partial charge < -0.3 is 25.1 Å². The summed E-state index contributed by atoms with van der Waals surface area (Å²) in [4.78, 5) is 36.4.